The maximum atomic E-state index is 12.5. The Kier molecular flexibility index (Phi) is 5.25. The van der Waals surface area contributed by atoms with Crippen molar-refractivity contribution in [1.82, 2.24) is 4.90 Å². The van der Waals surface area contributed by atoms with E-state index in [-0.39, 0.29) is 24.5 Å². The van der Waals surface area contributed by atoms with Gasteiger partial charge in [0, 0.05) is 6.42 Å². The van der Waals surface area contributed by atoms with Gasteiger partial charge in [-0.3, -0.25) is 9.69 Å². The van der Waals surface area contributed by atoms with Crippen molar-refractivity contribution >= 4 is 12.1 Å². The molecule has 0 aromatic carbocycles. The maximum Gasteiger partial charge on any atom is 0.412 e. The number of esters is 1. The van der Waals surface area contributed by atoms with Gasteiger partial charge in [0.05, 0.1) is 19.3 Å². The van der Waals surface area contributed by atoms with Crippen LogP contribution in [0, 0.1) is 0 Å². The average Bonchev–Trinajstić information content (AvgIpc) is 2.52. The van der Waals surface area contributed by atoms with Crippen molar-refractivity contribution in [2.75, 3.05) is 7.11 Å². The monoisotopic (exact) mass is 301 g/mol. The Hall–Kier alpha value is -1.30. The lowest BCUT2D eigenvalue weighted by Crippen LogP contribution is -2.50. The van der Waals surface area contributed by atoms with E-state index in [0.717, 1.165) is 0 Å². The molecule has 0 aromatic heterocycles. The van der Waals surface area contributed by atoms with Crippen LogP contribution in [0.3, 0.4) is 0 Å². The van der Waals surface area contributed by atoms with Crippen LogP contribution in [0.2, 0.25) is 0 Å². The maximum absolute atomic E-state index is 12.5. The lowest BCUT2D eigenvalue weighted by Gasteiger charge is -2.35. The fourth-order valence-electron chi connectivity index (χ4n) is 2.60. The first kappa shape index (κ1) is 17.8. The van der Waals surface area contributed by atoms with Gasteiger partial charge in [0.2, 0.25) is 0 Å². The number of carbonyl (C=O) groups excluding carboxylic acids is 2. The van der Waals surface area contributed by atoms with E-state index in [4.69, 9.17) is 9.47 Å². The number of rotatable bonds is 3. The molecule has 2 atom stereocenters. The van der Waals surface area contributed by atoms with Gasteiger partial charge in [0.25, 0.3) is 0 Å². The standard InChI is InChI=1S/C15H27NO5/c1-10-11(8-9-12(17)19-7)16(15(5,6)20-10)13(18)21-14(2,3)4/h10-11H,8-9H2,1-7H3. The molecule has 1 rings (SSSR count). The van der Waals surface area contributed by atoms with Crippen molar-refractivity contribution in [3.8, 4) is 0 Å². The molecule has 1 heterocycles. The molecular weight excluding hydrogens is 274 g/mol. The third-order valence-corrected chi connectivity index (χ3v) is 3.39. The Balaban J connectivity index is 2.87. The van der Waals surface area contributed by atoms with Crippen LogP contribution < -0.4 is 0 Å². The van der Waals surface area contributed by atoms with Gasteiger partial charge >= 0.3 is 12.1 Å². The van der Waals surface area contributed by atoms with Crippen molar-refractivity contribution in [2.24, 2.45) is 0 Å². The highest BCUT2D eigenvalue weighted by Gasteiger charge is 2.49. The molecule has 1 amide bonds. The molecule has 6 heteroatoms. The largest absolute Gasteiger partial charge is 0.469 e. The fraction of sp³-hybridized carbons (Fsp3) is 0.867. The number of methoxy groups -OCH3 is 1. The highest BCUT2D eigenvalue weighted by molar-refractivity contribution is 5.71. The number of ether oxygens (including phenoxy) is 3. The summed E-state index contributed by atoms with van der Waals surface area (Å²) in [6.45, 7) is 11.0. The van der Waals surface area contributed by atoms with Crippen LogP contribution in [0.25, 0.3) is 0 Å². The second-order valence-electron chi connectivity index (χ2n) is 6.80. The van der Waals surface area contributed by atoms with Gasteiger partial charge < -0.3 is 14.2 Å². The second kappa shape index (κ2) is 6.22. The molecule has 0 aromatic rings. The molecule has 6 nitrogen and oxygen atoms in total. The Bertz CT molecular complexity index is 399. The average molecular weight is 301 g/mol. The van der Waals surface area contributed by atoms with Crippen LogP contribution in [0.4, 0.5) is 4.79 Å². The number of carbonyl (C=O) groups is 2. The first-order valence-electron chi connectivity index (χ1n) is 7.25. The molecule has 21 heavy (non-hydrogen) atoms. The number of amides is 1. The SMILES string of the molecule is COC(=O)CCC1C(C)OC(C)(C)N1C(=O)OC(C)(C)C. The van der Waals surface area contributed by atoms with Crippen LogP contribution in [0.5, 0.6) is 0 Å². The van der Waals surface area contributed by atoms with E-state index >= 15 is 0 Å². The van der Waals surface area contributed by atoms with Crippen molar-refractivity contribution in [3.05, 3.63) is 0 Å². The summed E-state index contributed by atoms with van der Waals surface area (Å²) in [6, 6.07) is -0.214. The van der Waals surface area contributed by atoms with Gasteiger partial charge in [0.1, 0.15) is 11.3 Å². The quantitative estimate of drug-likeness (QED) is 0.750. The summed E-state index contributed by atoms with van der Waals surface area (Å²) in [5.74, 6) is -0.295. The Morgan fingerprint density at radius 3 is 2.33 bits per heavy atom. The predicted octanol–water partition coefficient (Wildman–Crippen LogP) is 2.70. The van der Waals surface area contributed by atoms with Crippen LogP contribution in [0.15, 0.2) is 0 Å². The van der Waals surface area contributed by atoms with Gasteiger partial charge in [-0.05, 0) is 48.0 Å². The zero-order chi connectivity index (χ0) is 16.4. The first-order valence-corrected chi connectivity index (χ1v) is 7.25. The van der Waals surface area contributed by atoms with E-state index < -0.39 is 17.4 Å². The predicted molar refractivity (Wildman–Crippen MR) is 77.7 cm³/mol. The molecule has 0 saturated carbocycles. The van der Waals surface area contributed by atoms with Gasteiger partial charge in [-0.2, -0.15) is 0 Å². The summed E-state index contributed by atoms with van der Waals surface area (Å²) in [5, 5.41) is 0. The molecule has 1 saturated heterocycles. The van der Waals surface area contributed by atoms with Crippen molar-refractivity contribution in [1.29, 1.82) is 0 Å². The molecular formula is C15H27NO5. The summed E-state index contributed by atoms with van der Waals surface area (Å²) in [5.41, 5.74) is -1.34. The van der Waals surface area contributed by atoms with Crippen molar-refractivity contribution in [3.63, 3.8) is 0 Å². The van der Waals surface area contributed by atoms with E-state index in [2.05, 4.69) is 4.74 Å². The van der Waals surface area contributed by atoms with Crippen molar-refractivity contribution in [2.45, 2.75) is 77.9 Å². The highest BCUT2D eigenvalue weighted by atomic mass is 16.6. The molecule has 0 spiro atoms. The number of hydrogen-bond donors (Lipinski definition) is 0. The molecule has 2 unspecified atom stereocenters. The Morgan fingerprint density at radius 2 is 1.86 bits per heavy atom. The van der Waals surface area contributed by atoms with Crippen LogP contribution in [0.1, 0.15) is 54.4 Å². The summed E-state index contributed by atoms with van der Waals surface area (Å²) >= 11 is 0. The zero-order valence-electron chi connectivity index (χ0n) is 14.1. The molecule has 0 radical (unpaired) electrons. The lowest BCUT2D eigenvalue weighted by atomic mass is 10.1. The number of hydrogen-bond acceptors (Lipinski definition) is 5. The normalized spacial score (nSPS) is 24.8. The van der Waals surface area contributed by atoms with Gasteiger partial charge in [-0.25, -0.2) is 4.79 Å². The molecule has 1 aliphatic heterocycles. The minimum Gasteiger partial charge on any atom is -0.469 e. The van der Waals surface area contributed by atoms with E-state index in [1.165, 1.54) is 7.11 Å². The van der Waals surface area contributed by atoms with E-state index in [1.54, 1.807) is 4.90 Å². The summed E-state index contributed by atoms with van der Waals surface area (Å²) in [6.07, 6.45) is 0.129. The molecule has 0 bridgehead atoms. The van der Waals surface area contributed by atoms with Crippen LogP contribution >= 0.6 is 0 Å². The molecule has 0 N–H and O–H groups in total. The van der Waals surface area contributed by atoms with E-state index in [9.17, 15) is 9.59 Å². The van der Waals surface area contributed by atoms with Gasteiger partial charge in [-0.1, -0.05) is 0 Å². The molecule has 1 aliphatic rings. The fourth-order valence-corrected chi connectivity index (χ4v) is 2.60. The minimum absolute atomic E-state index is 0.169. The molecule has 0 aliphatic carbocycles. The highest BCUT2D eigenvalue weighted by Crippen LogP contribution is 2.35. The van der Waals surface area contributed by atoms with Crippen LogP contribution in [-0.2, 0) is 19.0 Å². The summed E-state index contributed by atoms with van der Waals surface area (Å²) in [4.78, 5) is 25.4. The topological polar surface area (TPSA) is 65.1 Å². The Labute approximate surface area is 126 Å². The molecule has 122 valence electrons. The lowest BCUT2D eigenvalue weighted by molar-refractivity contribution is -0.141. The van der Waals surface area contributed by atoms with Crippen LogP contribution in [-0.4, -0.2) is 47.5 Å². The van der Waals surface area contributed by atoms with E-state index in [0.29, 0.717) is 6.42 Å². The number of nitrogens with zero attached hydrogens (tertiary/aromatic N) is 1. The summed E-state index contributed by atoms with van der Waals surface area (Å²) in [7, 11) is 1.35. The Morgan fingerprint density at radius 1 is 1.29 bits per heavy atom. The minimum atomic E-state index is -0.761. The third-order valence-electron chi connectivity index (χ3n) is 3.39. The summed E-state index contributed by atoms with van der Waals surface area (Å²) < 4.78 is 16.0. The van der Waals surface area contributed by atoms with Gasteiger partial charge in [0.15, 0.2) is 0 Å². The molecule has 1 fully saturated rings. The van der Waals surface area contributed by atoms with Crippen molar-refractivity contribution < 1.29 is 23.8 Å². The zero-order valence-corrected chi connectivity index (χ0v) is 14.1. The van der Waals surface area contributed by atoms with E-state index in [1.807, 2.05) is 41.5 Å². The third kappa shape index (κ3) is 4.59. The smallest absolute Gasteiger partial charge is 0.412 e. The first-order chi connectivity index (χ1) is 9.48. The second-order valence-corrected chi connectivity index (χ2v) is 6.80. The van der Waals surface area contributed by atoms with Gasteiger partial charge in [-0.15, -0.1) is 0 Å².